The van der Waals surface area contributed by atoms with Crippen molar-refractivity contribution in [1.82, 2.24) is 18.8 Å². The summed E-state index contributed by atoms with van der Waals surface area (Å²) in [7, 11) is 1.92. The number of nitro benzene ring substituents is 1. The summed E-state index contributed by atoms with van der Waals surface area (Å²) < 4.78 is 3.34. The third-order valence-corrected chi connectivity index (χ3v) is 19.2. The van der Waals surface area contributed by atoms with Crippen molar-refractivity contribution in [2.75, 3.05) is 42.2 Å². The van der Waals surface area contributed by atoms with Crippen LogP contribution in [0.25, 0.3) is 98.0 Å². The summed E-state index contributed by atoms with van der Waals surface area (Å²) in [4.78, 5) is 57.4. The minimum absolute atomic E-state index is 0.0376. The van der Waals surface area contributed by atoms with E-state index in [-0.39, 0.29) is 21.7 Å². The Labute approximate surface area is 501 Å². The highest BCUT2D eigenvalue weighted by Gasteiger charge is 2.27. The molecule has 0 saturated carbocycles. The van der Waals surface area contributed by atoms with Gasteiger partial charge in [0.15, 0.2) is 0 Å². The maximum absolute atomic E-state index is 15.1. The molecular weight excluding hydrogens is 1050 g/mol. The number of nitrogens with two attached hydrogens (primary N) is 1. The SMILES string of the molecule is CCCCCCCCCCCCN(C)c1cc2nc3c4ccc5c6ccc7c(=O)n8c9cc(N)c(N(CCCCCCCCCCCC)CCCCCCCCCCCC)cc9nc8c8ccc(c9ccc(c(=O)n3c2cc1[N+](=O)[O-])c4c95)c6c78. The lowest BCUT2D eigenvalue weighted by molar-refractivity contribution is -0.384. The van der Waals surface area contributed by atoms with Gasteiger partial charge in [-0.1, -0.05) is 218 Å². The van der Waals surface area contributed by atoms with Crippen LogP contribution in [0.3, 0.4) is 0 Å². The summed E-state index contributed by atoms with van der Waals surface area (Å²) in [5.74, 6) is 0. The molecule has 448 valence electrons. The van der Waals surface area contributed by atoms with Crippen molar-refractivity contribution in [2.45, 2.75) is 213 Å². The minimum Gasteiger partial charge on any atom is -0.397 e. The molecule has 0 fully saturated rings. The van der Waals surface area contributed by atoms with Gasteiger partial charge in [0, 0.05) is 65.1 Å². The highest BCUT2D eigenvalue weighted by atomic mass is 16.6. The third kappa shape index (κ3) is 12.1. The molecule has 0 saturated heterocycles. The van der Waals surface area contributed by atoms with E-state index in [1.54, 1.807) is 14.9 Å². The molecule has 0 bridgehead atoms. The molecule has 11 aromatic rings. The van der Waals surface area contributed by atoms with Crippen molar-refractivity contribution in [1.29, 1.82) is 0 Å². The predicted octanol–water partition coefficient (Wildman–Crippen LogP) is 19.7. The topological polar surface area (TPSA) is 144 Å². The first-order chi connectivity index (χ1) is 41.6. The van der Waals surface area contributed by atoms with Crippen LogP contribution >= 0.6 is 0 Å². The van der Waals surface area contributed by atoms with E-state index < -0.39 is 0 Å². The predicted molar refractivity (Wildman–Crippen MR) is 362 cm³/mol. The van der Waals surface area contributed by atoms with E-state index in [9.17, 15) is 14.9 Å². The Morgan fingerprint density at radius 2 is 0.741 bits per heavy atom. The quantitative estimate of drug-likeness (QED) is 0.0101. The Bertz CT molecular complexity index is 4160. The molecule has 0 atom stereocenters. The van der Waals surface area contributed by atoms with Crippen LogP contribution in [0.5, 0.6) is 0 Å². The van der Waals surface area contributed by atoms with Crippen molar-refractivity contribution in [2.24, 2.45) is 0 Å². The highest BCUT2D eigenvalue weighted by Crippen LogP contribution is 2.46. The highest BCUT2D eigenvalue weighted by molar-refractivity contribution is 6.40. The first kappa shape index (κ1) is 59.6. The Morgan fingerprint density at radius 1 is 0.424 bits per heavy atom. The number of anilines is 3. The molecule has 0 aliphatic carbocycles. The molecule has 0 aliphatic heterocycles. The van der Waals surface area contributed by atoms with Crippen LogP contribution in [0.2, 0.25) is 0 Å². The summed E-state index contributed by atoms with van der Waals surface area (Å²) in [6.45, 7) is 9.39. The van der Waals surface area contributed by atoms with Crippen LogP contribution in [-0.4, -0.2) is 50.4 Å². The lowest BCUT2D eigenvalue weighted by atomic mass is 9.86. The number of hydrogen-bond donors (Lipinski definition) is 1. The van der Waals surface area contributed by atoms with Gasteiger partial charge < -0.3 is 15.5 Å². The molecule has 85 heavy (non-hydrogen) atoms. The van der Waals surface area contributed by atoms with E-state index in [1.165, 1.54) is 167 Å². The molecule has 0 spiro atoms. The van der Waals surface area contributed by atoms with Gasteiger partial charge in [-0.05, 0) is 94.0 Å². The smallest absolute Gasteiger partial charge is 0.294 e. The van der Waals surface area contributed by atoms with Gasteiger partial charge in [-0.3, -0.25) is 28.5 Å². The number of rotatable bonds is 36. The number of pyridine rings is 2. The summed E-state index contributed by atoms with van der Waals surface area (Å²) >= 11 is 0. The van der Waals surface area contributed by atoms with Crippen LogP contribution < -0.4 is 26.7 Å². The molecule has 4 aromatic heterocycles. The molecule has 0 aliphatic rings. The zero-order valence-corrected chi connectivity index (χ0v) is 51.6. The van der Waals surface area contributed by atoms with Gasteiger partial charge in [-0.2, -0.15) is 0 Å². The van der Waals surface area contributed by atoms with Gasteiger partial charge in [0.05, 0.1) is 38.4 Å². The number of benzene rings is 7. The number of unbranched alkanes of at least 4 members (excludes halogenated alkanes) is 27. The average Bonchev–Trinajstić information content (AvgIpc) is 1.67. The minimum atomic E-state index is -0.340. The summed E-state index contributed by atoms with van der Waals surface area (Å²) in [5, 5.41) is 23.2. The summed E-state index contributed by atoms with van der Waals surface area (Å²) in [6, 6.07) is 23.9. The second-order valence-electron chi connectivity index (χ2n) is 25.2. The normalized spacial score (nSPS) is 12.4. The van der Waals surface area contributed by atoms with Crippen LogP contribution in [0.1, 0.15) is 213 Å². The van der Waals surface area contributed by atoms with Crippen molar-refractivity contribution < 1.29 is 4.92 Å². The maximum atomic E-state index is 15.1. The van der Waals surface area contributed by atoms with Gasteiger partial charge in [0.25, 0.3) is 16.8 Å². The van der Waals surface area contributed by atoms with E-state index in [2.05, 4.69) is 56.0 Å². The molecule has 2 N–H and O–H groups in total. The number of fused-ring (bicyclic) bond motifs is 10. The molecular formula is C73H92N8O4. The van der Waals surface area contributed by atoms with Crippen molar-refractivity contribution in [3.63, 3.8) is 0 Å². The van der Waals surface area contributed by atoms with E-state index in [0.717, 1.165) is 116 Å². The van der Waals surface area contributed by atoms with Gasteiger partial charge >= 0.3 is 0 Å². The van der Waals surface area contributed by atoms with Crippen LogP contribution in [0, 0.1) is 10.1 Å². The van der Waals surface area contributed by atoms with E-state index in [4.69, 9.17) is 15.7 Å². The number of aromatic nitrogens is 4. The number of nitrogens with zero attached hydrogens (tertiary/aromatic N) is 7. The molecule has 4 heterocycles. The van der Waals surface area contributed by atoms with Crippen LogP contribution in [0.15, 0.2) is 82.4 Å². The van der Waals surface area contributed by atoms with Gasteiger partial charge in [0.2, 0.25) is 0 Å². The summed E-state index contributed by atoms with van der Waals surface area (Å²) in [5.41, 5.74) is 12.4. The fourth-order valence-electron chi connectivity index (χ4n) is 14.5. The largest absolute Gasteiger partial charge is 0.397 e. The number of nitrogen functional groups attached to an aromatic ring is 1. The monoisotopic (exact) mass is 1140 g/mol. The molecule has 0 unspecified atom stereocenters. The second kappa shape index (κ2) is 27.5. The third-order valence-electron chi connectivity index (χ3n) is 19.2. The first-order valence-corrected chi connectivity index (χ1v) is 33.4. The lowest BCUT2D eigenvalue weighted by Gasteiger charge is -2.26. The Balaban J connectivity index is 0.908. The van der Waals surface area contributed by atoms with Crippen molar-refractivity contribution in [3.05, 3.63) is 104 Å². The van der Waals surface area contributed by atoms with Crippen molar-refractivity contribution in [3.8, 4) is 0 Å². The van der Waals surface area contributed by atoms with Crippen LogP contribution in [-0.2, 0) is 0 Å². The fraction of sp³-hybridized carbons (Fsp3) is 0.507. The van der Waals surface area contributed by atoms with E-state index in [0.29, 0.717) is 51.0 Å². The van der Waals surface area contributed by atoms with Gasteiger partial charge in [-0.15, -0.1) is 0 Å². The molecule has 7 aromatic carbocycles. The van der Waals surface area contributed by atoms with Gasteiger partial charge in [-0.25, -0.2) is 9.97 Å². The van der Waals surface area contributed by atoms with Crippen LogP contribution in [0.4, 0.5) is 22.7 Å². The fourth-order valence-corrected chi connectivity index (χ4v) is 14.5. The van der Waals surface area contributed by atoms with Gasteiger partial charge in [0.1, 0.15) is 17.0 Å². The molecule has 0 amide bonds. The molecule has 12 nitrogen and oxygen atoms in total. The number of nitro groups is 1. The van der Waals surface area contributed by atoms with E-state index >= 15 is 4.79 Å². The Morgan fingerprint density at radius 3 is 1.13 bits per heavy atom. The molecule has 12 heteroatoms. The van der Waals surface area contributed by atoms with Crippen molar-refractivity contribution >= 4 is 121 Å². The number of imidazole rings is 2. The maximum Gasteiger partial charge on any atom is 0.294 e. The standard InChI is InChI=1S/C73H92N8O4/c1-5-8-11-14-17-20-23-26-29-32-43-77(4)64-48-60-63(49-65(64)81(84)85)80-71(76-60)55-40-36-51-52-37-41-56-68-54(39-35-50(66(52)68)53-38-42-57(73(80)83)69(55)67(51)53)70-75-59-47-61(58(74)46-62(59)79(70)72(56)82)78(44-33-30-27-24-21-18-15-12-9-6-2)45-34-31-28-25-22-19-16-13-10-7-3/h35-42,46-49H,5-34,43-45,74H2,1-4H3. The lowest BCUT2D eigenvalue weighted by Crippen LogP contribution is -2.26. The zero-order valence-electron chi connectivity index (χ0n) is 51.6. The summed E-state index contributed by atoms with van der Waals surface area (Å²) in [6.07, 6.45) is 38.0. The molecule has 0 radical (unpaired) electrons. The average molecular weight is 1150 g/mol. The first-order valence-electron chi connectivity index (χ1n) is 33.4. The second-order valence-corrected chi connectivity index (χ2v) is 25.2. The number of hydrogen-bond acceptors (Lipinski definition) is 9. The Hall–Kier alpha value is -7.08. The Kier molecular flexibility index (Phi) is 19.3. The molecule has 11 rings (SSSR count). The zero-order chi connectivity index (χ0) is 59.0. The van der Waals surface area contributed by atoms with E-state index in [1.807, 2.05) is 42.3 Å².